The molecule has 0 heterocycles. The van der Waals surface area contributed by atoms with Crippen molar-refractivity contribution in [2.75, 3.05) is 26.7 Å². The van der Waals surface area contributed by atoms with Gasteiger partial charge in [0, 0.05) is 19.2 Å². The lowest BCUT2D eigenvalue weighted by molar-refractivity contribution is 0.177. The number of hydrogen-bond acceptors (Lipinski definition) is 3. The van der Waals surface area contributed by atoms with Gasteiger partial charge >= 0.3 is 0 Å². The fraction of sp³-hybridized carbons (Fsp3) is 1.00. The van der Waals surface area contributed by atoms with Crippen LogP contribution in [0.3, 0.4) is 0 Å². The Kier molecular flexibility index (Phi) is 4.70. The van der Waals surface area contributed by atoms with Gasteiger partial charge in [-0.2, -0.15) is 0 Å². The van der Waals surface area contributed by atoms with E-state index in [1.165, 1.54) is 19.4 Å². The molecule has 1 aliphatic carbocycles. The molecule has 1 fully saturated rings. The van der Waals surface area contributed by atoms with Gasteiger partial charge in [-0.25, -0.2) is 0 Å². The average molecular weight is 186 g/mol. The van der Waals surface area contributed by atoms with E-state index in [4.69, 9.17) is 10.8 Å². The molecule has 3 N–H and O–H groups in total. The van der Waals surface area contributed by atoms with E-state index < -0.39 is 0 Å². The predicted octanol–water partition coefficient (Wildman–Crippen LogP) is 0.428. The molecule has 0 aromatic heterocycles. The maximum atomic E-state index is 8.62. The number of unbranched alkanes of at least 4 members (excludes halogenated alkanes) is 1. The van der Waals surface area contributed by atoms with Crippen LogP contribution in [0.2, 0.25) is 0 Å². The second-order valence-corrected chi connectivity index (χ2v) is 4.29. The Bertz CT molecular complexity index is 135. The number of aliphatic hydroxyl groups excluding tert-OH is 1. The van der Waals surface area contributed by atoms with Crippen LogP contribution in [0.4, 0.5) is 0 Å². The molecule has 0 aromatic carbocycles. The average Bonchev–Trinajstić information content (AvgIpc) is 2.02. The van der Waals surface area contributed by atoms with Crippen LogP contribution in [-0.2, 0) is 0 Å². The first kappa shape index (κ1) is 11.0. The molecule has 0 saturated heterocycles. The zero-order chi connectivity index (χ0) is 9.68. The van der Waals surface area contributed by atoms with Crippen LogP contribution in [0.25, 0.3) is 0 Å². The Hall–Kier alpha value is -0.120. The topological polar surface area (TPSA) is 49.5 Å². The first-order valence-corrected chi connectivity index (χ1v) is 5.27. The number of nitrogens with zero attached hydrogens (tertiary/aromatic N) is 1. The highest BCUT2D eigenvalue weighted by molar-refractivity contribution is 4.83. The van der Waals surface area contributed by atoms with Gasteiger partial charge in [0.2, 0.25) is 0 Å². The van der Waals surface area contributed by atoms with Gasteiger partial charge in [-0.05, 0) is 45.2 Å². The molecule has 0 bridgehead atoms. The summed E-state index contributed by atoms with van der Waals surface area (Å²) in [5.41, 5.74) is 5.71. The molecule has 0 aromatic rings. The molecule has 13 heavy (non-hydrogen) atoms. The van der Waals surface area contributed by atoms with E-state index in [1.807, 2.05) is 0 Å². The van der Waals surface area contributed by atoms with Crippen molar-refractivity contribution in [3.05, 3.63) is 0 Å². The lowest BCUT2D eigenvalue weighted by Gasteiger charge is -2.35. The monoisotopic (exact) mass is 186 g/mol. The molecule has 0 amide bonds. The van der Waals surface area contributed by atoms with Crippen molar-refractivity contribution in [2.24, 2.45) is 11.7 Å². The van der Waals surface area contributed by atoms with Crippen LogP contribution in [0.1, 0.15) is 25.7 Å². The standard InChI is InChI=1S/C10H22N2O/c1-12(4-2-3-5-13)8-9-6-10(11)7-9/h9-10,13H,2-8,11H2,1H3. The van der Waals surface area contributed by atoms with Gasteiger partial charge in [0.1, 0.15) is 0 Å². The minimum Gasteiger partial charge on any atom is -0.396 e. The van der Waals surface area contributed by atoms with Gasteiger partial charge in [0.05, 0.1) is 0 Å². The van der Waals surface area contributed by atoms with Gasteiger partial charge in [-0.3, -0.25) is 0 Å². The summed E-state index contributed by atoms with van der Waals surface area (Å²) in [7, 11) is 2.15. The minimum absolute atomic E-state index is 0.322. The van der Waals surface area contributed by atoms with Crippen LogP contribution < -0.4 is 5.73 Å². The summed E-state index contributed by atoms with van der Waals surface area (Å²) < 4.78 is 0. The molecular weight excluding hydrogens is 164 g/mol. The maximum Gasteiger partial charge on any atom is 0.0431 e. The summed E-state index contributed by atoms with van der Waals surface area (Å²) in [4.78, 5) is 2.35. The third-order valence-electron chi connectivity index (χ3n) is 2.79. The smallest absolute Gasteiger partial charge is 0.0431 e. The minimum atomic E-state index is 0.322. The SMILES string of the molecule is CN(CCCCO)CC1CC(N)C1. The molecule has 1 rings (SSSR count). The molecule has 3 nitrogen and oxygen atoms in total. The van der Waals surface area contributed by atoms with E-state index >= 15 is 0 Å². The summed E-state index contributed by atoms with van der Waals surface area (Å²) in [6.07, 6.45) is 4.43. The summed E-state index contributed by atoms with van der Waals surface area (Å²) in [5.74, 6) is 0.828. The van der Waals surface area contributed by atoms with Crippen LogP contribution >= 0.6 is 0 Å². The third kappa shape index (κ3) is 4.07. The molecule has 3 heteroatoms. The van der Waals surface area contributed by atoms with E-state index in [2.05, 4.69) is 11.9 Å². The van der Waals surface area contributed by atoms with Crippen molar-refractivity contribution in [1.82, 2.24) is 4.90 Å². The molecule has 78 valence electrons. The van der Waals surface area contributed by atoms with Crippen molar-refractivity contribution >= 4 is 0 Å². The fourth-order valence-corrected chi connectivity index (χ4v) is 1.96. The van der Waals surface area contributed by atoms with E-state index in [1.54, 1.807) is 0 Å². The largest absolute Gasteiger partial charge is 0.396 e. The molecule has 0 spiro atoms. The van der Waals surface area contributed by atoms with E-state index in [-0.39, 0.29) is 0 Å². The Labute approximate surface area is 80.9 Å². The first-order valence-electron chi connectivity index (χ1n) is 5.27. The summed E-state index contributed by atoms with van der Waals surface area (Å²) in [6, 6.07) is 0.468. The van der Waals surface area contributed by atoms with Crippen molar-refractivity contribution in [2.45, 2.75) is 31.7 Å². The Morgan fingerprint density at radius 3 is 2.62 bits per heavy atom. The normalized spacial score (nSPS) is 27.7. The van der Waals surface area contributed by atoms with E-state index in [0.29, 0.717) is 12.6 Å². The third-order valence-corrected chi connectivity index (χ3v) is 2.79. The highest BCUT2D eigenvalue weighted by Crippen LogP contribution is 2.25. The number of hydrogen-bond donors (Lipinski definition) is 2. The Morgan fingerprint density at radius 1 is 1.38 bits per heavy atom. The molecular formula is C10H22N2O. The second kappa shape index (κ2) is 5.58. The van der Waals surface area contributed by atoms with Crippen LogP contribution in [0, 0.1) is 5.92 Å². The molecule has 0 unspecified atom stereocenters. The summed E-state index contributed by atoms with van der Waals surface area (Å²) in [5, 5.41) is 8.62. The molecule has 0 atom stereocenters. The zero-order valence-electron chi connectivity index (χ0n) is 8.58. The second-order valence-electron chi connectivity index (χ2n) is 4.29. The van der Waals surface area contributed by atoms with Crippen molar-refractivity contribution in [3.63, 3.8) is 0 Å². The lowest BCUT2D eigenvalue weighted by Crippen LogP contribution is -2.42. The predicted molar refractivity (Wildman–Crippen MR) is 54.5 cm³/mol. The highest BCUT2D eigenvalue weighted by atomic mass is 16.2. The van der Waals surface area contributed by atoms with Gasteiger partial charge in [0.15, 0.2) is 0 Å². The number of nitrogens with two attached hydrogens (primary N) is 1. The maximum absolute atomic E-state index is 8.62. The zero-order valence-corrected chi connectivity index (χ0v) is 8.58. The Morgan fingerprint density at radius 2 is 2.08 bits per heavy atom. The quantitative estimate of drug-likeness (QED) is 0.591. The first-order chi connectivity index (χ1) is 6.22. The van der Waals surface area contributed by atoms with E-state index in [9.17, 15) is 0 Å². The van der Waals surface area contributed by atoms with Crippen LogP contribution in [-0.4, -0.2) is 42.8 Å². The fourth-order valence-electron chi connectivity index (χ4n) is 1.96. The van der Waals surface area contributed by atoms with Gasteiger partial charge < -0.3 is 15.7 Å². The van der Waals surface area contributed by atoms with E-state index in [0.717, 1.165) is 25.3 Å². The molecule has 0 radical (unpaired) electrons. The van der Waals surface area contributed by atoms with Crippen molar-refractivity contribution < 1.29 is 5.11 Å². The molecule has 1 aliphatic rings. The highest BCUT2D eigenvalue weighted by Gasteiger charge is 2.26. The lowest BCUT2D eigenvalue weighted by atomic mass is 9.80. The van der Waals surface area contributed by atoms with Gasteiger partial charge in [-0.15, -0.1) is 0 Å². The number of aliphatic hydroxyl groups is 1. The van der Waals surface area contributed by atoms with Gasteiger partial charge in [0.25, 0.3) is 0 Å². The van der Waals surface area contributed by atoms with Crippen molar-refractivity contribution in [1.29, 1.82) is 0 Å². The van der Waals surface area contributed by atoms with Crippen LogP contribution in [0.5, 0.6) is 0 Å². The van der Waals surface area contributed by atoms with Crippen molar-refractivity contribution in [3.8, 4) is 0 Å². The Balaban J connectivity index is 1.95. The number of rotatable bonds is 6. The summed E-state index contributed by atoms with van der Waals surface area (Å²) in [6.45, 7) is 2.60. The van der Waals surface area contributed by atoms with Crippen LogP contribution in [0.15, 0.2) is 0 Å². The van der Waals surface area contributed by atoms with Gasteiger partial charge in [-0.1, -0.05) is 0 Å². The molecule has 1 saturated carbocycles. The summed E-state index contributed by atoms with van der Waals surface area (Å²) >= 11 is 0. The molecule has 0 aliphatic heterocycles.